The molecule has 1 aromatic carbocycles. The Kier molecular flexibility index (Phi) is 9.36. The van der Waals surface area contributed by atoms with Crippen LogP contribution >= 0.6 is 0 Å². The van der Waals surface area contributed by atoms with Crippen molar-refractivity contribution in [1.82, 2.24) is 5.32 Å². The van der Waals surface area contributed by atoms with Gasteiger partial charge in [-0.25, -0.2) is 0 Å². The van der Waals surface area contributed by atoms with E-state index in [0.717, 1.165) is 18.4 Å². The summed E-state index contributed by atoms with van der Waals surface area (Å²) in [5, 5.41) is 3.27. The molecule has 1 aliphatic carbocycles. The highest BCUT2D eigenvalue weighted by Crippen LogP contribution is 2.27. The van der Waals surface area contributed by atoms with Crippen molar-refractivity contribution in [3.05, 3.63) is 23.8 Å². The summed E-state index contributed by atoms with van der Waals surface area (Å²) in [5.41, 5.74) is 0.952. The van der Waals surface area contributed by atoms with Crippen LogP contribution in [-0.4, -0.2) is 26.2 Å². The molecule has 0 unspecified atom stereocenters. The molecule has 0 heterocycles. The van der Waals surface area contributed by atoms with Gasteiger partial charge >= 0.3 is 0 Å². The van der Waals surface area contributed by atoms with Crippen molar-refractivity contribution in [2.24, 2.45) is 0 Å². The van der Waals surface area contributed by atoms with E-state index in [9.17, 15) is 4.79 Å². The Bertz CT molecular complexity index is 532. The summed E-state index contributed by atoms with van der Waals surface area (Å²) in [5.74, 6) is 1.47. The Morgan fingerprint density at radius 1 is 0.885 bits per heavy atom. The molecule has 1 fully saturated rings. The SMILES string of the molecule is COc1ccc(CC(=O)NC2CCCCCCCCCCC2)cc1OC. The number of ether oxygens (including phenoxy) is 2. The number of methoxy groups -OCH3 is 2. The van der Waals surface area contributed by atoms with E-state index >= 15 is 0 Å². The van der Waals surface area contributed by atoms with Crippen LogP contribution < -0.4 is 14.8 Å². The molecular formula is C22H35NO3. The Labute approximate surface area is 158 Å². The number of rotatable bonds is 5. The van der Waals surface area contributed by atoms with Gasteiger partial charge in [0, 0.05) is 6.04 Å². The summed E-state index contributed by atoms with van der Waals surface area (Å²) >= 11 is 0. The van der Waals surface area contributed by atoms with Crippen LogP contribution in [0.25, 0.3) is 0 Å². The molecule has 0 radical (unpaired) electrons. The fraction of sp³-hybridized carbons (Fsp3) is 0.682. The number of carbonyl (C=O) groups excluding carboxylic acids is 1. The Morgan fingerprint density at radius 2 is 1.42 bits per heavy atom. The highest BCUT2D eigenvalue weighted by atomic mass is 16.5. The second-order valence-corrected chi connectivity index (χ2v) is 7.39. The Balaban J connectivity index is 1.87. The largest absolute Gasteiger partial charge is 0.493 e. The Morgan fingerprint density at radius 3 is 1.96 bits per heavy atom. The third-order valence-corrected chi connectivity index (χ3v) is 5.28. The molecule has 0 aliphatic heterocycles. The minimum atomic E-state index is 0.106. The van der Waals surface area contributed by atoms with Crippen LogP contribution in [0.5, 0.6) is 11.5 Å². The average Bonchev–Trinajstić information content (AvgIpc) is 2.63. The maximum atomic E-state index is 12.5. The molecule has 1 amide bonds. The third-order valence-electron chi connectivity index (χ3n) is 5.28. The van der Waals surface area contributed by atoms with E-state index in [1.807, 2.05) is 18.2 Å². The highest BCUT2D eigenvalue weighted by molar-refractivity contribution is 5.79. The van der Waals surface area contributed by atoms with Gasteiger partial charge in [-0.1, -0.05) is 63.9 Å². The smallest absolute Gasteiger partial charge is 0.224 e. The maximum absolute atomic E-state index is 12.5. The van der Waals surface area contributed by atoms with Gasteiger partial charge < -0.3 is 14.8 Å². The minimum Gasteiger partial charge on any atom is -0.493 e. The first kappa shape index (κ1) is 20.6. The molecule has 0 aromatic heterocycles. The summed E-state index contributed by atoms with van der Waals surface area (Å²) in [6.07, 6.45) is 14.5. The second-order valence-electron chi connectivity index (χ2n) is 7.39. The van der Waals surface area contributed by atoms with Crippen LogP contribution in [0.15, 0.2) is 18.2 Å². The van der Waals surface area contributed by atoms with E-state index in [1.165, 1.54) is 57.8 Å². The molecule has 1 N–H and O–H groups in total. The van der Waals surface area contributed by atoms with Crippen molar-refractivity contribution in [1.29, 1.82) is 0 Å². The molecule has 0 bridgehead atoms. The summed E-state index contributed by atoms with van der Waals surface area (Å²) in [6, 6.07) is 6.00. The quantitative estimate of drug-likeness (QED) is 0.799. The number of hydrogen-bond donors (Lipinski definition) is 1. The molecule has 0 atom stereocenters. The number of benzene rings is 1. The van der Waals surface area contributed by atoms with Gasteiger partial charge in [-0.15, -0.1) is 0 Å². The monoisotopic (exact) mass is 361 g/mol. The topological polar surface area (TPSA) is 47.6 Å². The number of amides is 1. The number of hydrogen-bond acceptors (Lipinski definition) is 3. The fourth-order valence-corrected chi connectivity index (χ4v) is 3.76. The summed E-state index contributed by atoms with van der Waals surface area (Å²) in [4.78, 5) is 12.5. The molecule has 4 heteroatoms. The number of nitrogens with one attached hydrogen (secondary N) is 1. The highest BCUT2D eigenvalue weighted by Gasteiger charge is 2.14. The normalized spacial score (nSPS) is 17.6. The van der Waals surface area contributed by atoms with E-state index in [0.29, 0.717) is 24.0 Å². The van der Waals surface area contributed by atoms with Gasteiger partial charge in [-0.2, -0.15) is 0 Å². The van der Waals surface area contributed by atoms with Crippen molar-refractivity contribution in [2.75, 3.05) is 14.2 Å². The van der Waals surface area contributed by atoms with Crippen molar-refractivity contribution in [2.45, 2.75) is 83.1 Å². The first-order chi connectivity index (χ1) is 12.7. The minimum absolute atomic E-state index is 0.106. The molecule has 4 nitrogen and oxygen atoms in total. The molecule has 2 rings (SSSR count). The summed E-state index contributed by atoms with van der Waals surface area (Å²) in [6.45, 7) is 0. The van der Waals surface area contributed by atoms with Gasteiger partial charge in [0.1, 0.15) is 0 Å². The van der Waals surface area contributed by atoms with Gasteiger partial charge in [0.05, 0.1) is 20.6 Å². The lowest BCUT2D eigenvalue weighted by molar-refractivity contribution is -0.121. The van der Waals surface area contributed by atoms with Gasteiger partial charge in [0.2, 0.25) is 5.91 Å². The fourth-order valence-electron chi connectivity index (χ4n) is 3.76. The van der Waals surface area contributed by atoms with Crippen molar-refractivity contribution >= 4 is 5.91 Å². The van der Waals surface area contributed by atoms with Crippen LogP contribution in [0.4, 0.5) is 0 Å². The summed E-state index contributed by atoms with van der Waals surface area (Å²) < 4.78 is 10.6. The van der Waals surface area contributed by atoms with E-state index in [-0.39, 0.29) is 5.91 Å². The third kappa shape index (κ3) is 7.27. The van der Waals surface area contributed by atoms with Gasteiger partial charge in [0.25, 0.3) is 0 Å². The zero-order valence-corrected chi connectivity index (χ0v) is 16.5. The Hall–Kier alpha value is -1.71. The predicted molar refractivity (Wildman–Crippen MR) is 106 cm³/mol. The molecular weight excluding hydrogens is 326 g/mol. The lowest BCUT2D eigenvalue weighted by Crippen LogP contribution is -2.36. The van der Waals surface area contributed by atoms with Crippen LogP contribution in [0.1, 0.15) is 76.2 Å². The van der Waals surface area contributed by atoms with E-state index in [4.69, 9.17) is 9.47 Å². The van der Waals surface area contributed by atoms with E-state index in [1.54, 1.807) is 14.2 Å². The van der Waals surface area contributed by atoms with Crippen molar-refractivity contribution in [3.8, 4) is 11.5 Å². The maximum Gasteiger partial charge on any atom is 0.224 e. The van der Waals surface area contributed by atoms with Crippen LogP contribution in [-0.2, 0) is 11.2 Å². The standard InChI is InChI=1S/C22H35NO3/c1-25-20-15-14-18(16-21(20)26-2)17-22(24)23-19-12-10-8-6-4-3-5-7-9-11-13-19/h14-16,19H,3-13,17H2,1-2H3,(H,23,24). The molecule has 146 valence electrons. The predicted octanol–water partition coefficient (Wildman–Crippen LogP) is 5.04. The molecule has 26 heavy (non-hydrogen) atoms. The van der Waals surface area contributed by atoms with Gasteiger partial charge in [-0.3, -0.25) is 4.79 Å². The second kappa shape index (κ2) is 11.8. The molecule has 0 saturated heterocycles. The van der Waals surface area contributed by atoms with Crippen molar-refractivity contribution in [3.63, 3.8) is 0 Å². The first-order valence-corrected chi connectivity index (χ1v) is 10.2. The lowest BCUT2D eigenvalue weighted by Gasteiger charge is -2.20. The molecule has 1 aromatic rings. The molecule has 1 saturated carbocycles. The van der Waals surface area contributed by atoms with Crippen LogP contribution in [0.3, 0.4) is 0 Å². The van der Waals surface area contributed by atoms with E-state index in [2.05, 4.69) is 5.32 Å². The number of carbonyl (C=O) groups is 1. The first-order valence-electron chi connectivity index (χ1n) is 10.2. The van der Waals surface area contributed by atoms with Crippen molar-refractivity contribution < 1.29 is 14.3 Å². The average molecular weight is 362 g/mol. The van der Waals surface area contributed by atoms with Crippen LogP contribution in [0.2, 0.25) is 0 Å². The van der Waals surface area contributed by atoms with Gasteiger partial charge in [0.15, 0.2) is 11.5 Å². The zero-order chi connectivity index (χ0) is 18.6. The van der Waals surface area contributed by atoms with E-state index < -0.39 is 0 Å². The van der Waals surface area contributed by atoms with Gasteiger partial charge in [-0.05, 0) is 30.5 Å². The lowest BCUT2D eigenvalue weighted by atomic mass is 9.97. The molecule has 1 aliphatic rings. The summed E-state index contributed by atoms with van der Waals surface area (Å²) in [7, 11) is 3.24. The zero-order valence-electron chi connectivity index (χ0n) is 16.5. The van der Waals surface area contributed by atoms with Crippen LogP contribution in [0, 0.1) is 0 Å². The molecule has 0 spiro atoms.